The summed E-state index contributed by atoms with van der Waals surface area (Å²) in [6.45, 7) is 3.33. The number of hydrogen-bond donors (Lipinski definition) is 2. The SMILES string of the molecule is NC(=O)c1cccc(CO/N=C(\N)c2ccccc2CN2CCCCC2)c1. The first-order valence-corrected chi connectivity index (χ1v) is 9.28. The second-order valence-corrected chi connectivity index (χ2v) is 6.81. The predicted octanol–water partition coefficient (Wildman–Crippen LogP) is 2.61. The van der Waals surface area contributed by atoms with Crippen LogP contribution in [0.3, 0.4) is 0 Å². The van der Waals surface area contributed by atoms with Gasteiger partial charge in [-0.3, -0.25) is 9.69 Å². The van der Waals surface area contributed by atoms with Crippen LogP contribution >= 0.6 is 0 Å². The lowest BCUT2D eigenvalue weighted by atomic mass is 10.0. The fraction of sp³-hybridized carbons (Fsp3) is 0.333. The van der Waals surface area contributed by atoms with Gasteiger partial charge in [0.1, 0.15) is 6.61 Å². The molecule has 2 aromatic carbocycles. The van der Waals surface area contributed by atoms with Crippen molar-refractivity contribution in [3.05, 3.63) is 70.8 Å². The average molecular weight is 366 g/mol. The molecular weight excluding hydrogens is 340 g/mol. The summed E-state index contributed by atoms with van der Waals surface area (Å²) in [6, 6.07) is 15.0. The van der Waals surface area contributed by atoms with Gasteiger partial charge in [-0.25, -0.2) is 0 Å². The Bertz CT molecular complexity index is 813. The topological polar surface area (TPSA) is 93.9 Å². The van der Waals surface area contributed by atoms with Gasteiger partial charge in [0, 0.05) is 17.7 Å². The summed E-state index contributed by atoms with van der Waals surface area (Å²) in [5.74, 6) is -0.111. The standard InChI is InChI=1S/C21H26N4O2/c22-20(24-27-15-16-7-6-9-17(13-16)21(23)26)19-10-3-2-8-18(19)14-25-11-4-1-5-12-25/h2-3,6-10,13H,1,4-5,11-12,14-15H2,(H2,22,24)(H2,23,26). The van der Waals surface area contributed by atoms with Crippen molar-refractivity contribution in [2.75, 3.05) is 13.1 Å². The number of carbonyl (C=O) groups excluding carboxylic acids is 1. The number of likely N-dealkylation sites (tertiary alicyclic amines) is 1. The maximum absolute atomic E-state index is 11.3. The molecule has 0 bridgehead atoms. The molecule has 1 heterocycles. The van der Waals surface area contributed by atoms with Gasteiger partial charge in [0.25, 0.3) is 0 Å². The quantitative estimate of drug-likeness (QED) is 0.447. The fourth-order valence-corrected chi connectivity index (χ4v) is 3.31. The second kappa shape index (κ2) is 9.19. The minimum atomic E-state index is -0.466. The smallest absolute Gasteiger partial charge is 0.248 e. The van der Waals surface area contributed by atoms with E-state index in [1.165, 1.54) is 19.3 Å². The Labute approximate surface area is 159 Å². The highest BCUT2D eigenvalue weighted by atomic mass is 16.6. The van der Waals surface area contributed by atoms with Crippen LogP contribution in [0.15, 0.2) is 53.7 Å². The van der Waals surface area contributed by atoms with E-state index in [0.29, 0.717) is 11.4 Å². The van der Waals surface area contributed by atoms with Crippen LogP contribution < -0.4 is 11.5 Å². The zero-order chi connectivity index (χ0) is 19.1. The van der Waals surface area contributed by atoms with Gasteiger partial charge in [-0.1, -0.05) is 48.0 Å². The summed E-state index contributed by atoms with van der Waals surface area (Å²) in [6.07, 6.45) is 3.81. The lowest BCUT2D eigenvalue weighted by Gasteiger charge is -2.27. The molecule has 1 aliphatic heterocycles. The van der Waals surface area contributed by atoms with E-state index in [2.05, 4.69) is 16.1 Å². The van der Waals surface area contributed by atoms with E-state index in [1.54, 1.807) is 18.2 Å². The molecule has 1 saturated heterocycles. The predicted molar refractivity (Wildman–Crippen MR) is 106 cm³/mol. The van der Waals surface area contributed by atoms with Crippen LogP contribution in [-0.2, 0) is 18.0 Å². The summed E-state index contributed by atoms with van der Waals surface area (Å²) in [7, 11) is 0. The molecule has 6 nitrogen and oxygen atoms in total. The molecule has 6 heteroatoms. The van der Waals surface area contributed by atoms with E-state index in [4.69, 9.17) is 16.3 Å². The zero-order valence-electron chi connectivity index (χ0n) is 15.4. The van der Waals surface area contributed by atoms with Crippen molar-refractivity contribution in [3.8, 4) is 0 Å². The Morgan fingerprint density at radius 3 is 2.59 bits per heavy atom. The van der Waals surface area contributed by atoms with Crippen molar-refractivity contribution in [1.29, 1.82) is 0 Å². The minimum Gasteiger partial charge on any atom is -0.389 e. The lowest BCUT2D eigenvalue weighted by molar-refractivity contribution is 0.0999. The van der Waals surface area contributed by atoms with Gasteiger partial charge in [-0.05, 0) is 49.2 Å². The van der Waals surface area contributed by atoms with E-state index in [9.17, 15) is 4.79 Å². The Morgan fingerprint density at radius 1 is 1.04 bits per heavy atom. The van der Waals surface area contributed by atoms with E-state index in [-0.39, 0.29) is 6.61 Å². The van der Waals surface area contributed by atoms with Crippen LogP contribution in [0.25, 0.3) is 0 Å². The second-order valence-electron chi connectivity index (χ2n) is 6.81. The van der Waals surface area contributed by atoms with Gasteiger partial charge in [-0.2, -0.15) is 0 Å². The number of amidine groups is 1. The van der Waals surface area contributed by atoms with Crippen molar-refractivity contribution in [3.63, 3.8) is 0 Å². The first-order valence-electron chi connectivity index (χ1n) is 9.28. The van der Waals surface area contributed by atoms with Crippen LogP contribution in [0, 0.1) is 0 Å². The maximum atomic E-state index is 11.3. The summed E-state index contributed by atoms with van der Waals surface area (Å²) in [5, 5.41) is 4.08. The van der Waals surface area contributed by atoms with Crippen LogP contribution in [0.2, 0.25) is 0 Å². The first-order chi connectivity index (χ1) is 13.1. The van der Waals surface area contributed by atoms with E-state index >= 15 is 0 Å². The van der Waals surface area contributed by atoms with Crippen LogP contribution in [-0.4, -0.2) is 29.7 Å². The Kier molecular flexibility index (Phi) is 6.44. The number of oxime groups is 1. The number of amides is 1. The lowest BCUT2D eigenvalue weighted by Crippen LogP contribution is -2.30. The third kappa shape index (κ3) is 5.31. The fourth-order valence-electron chi connectivity index (χ4n) is 3.31. The number of nitrogens with two attached hydrogens (primary N) is 2. The van der Waals surface area contributed by atoms with Gasteiger partial charge in [0.05, 0.1) is 0 Å². The Balaban J connectivity index is 1.65. The number of carbonyl (C=O) groups is 1. The van der Waals surface area contributed by atoms with E-state index in [0.717, 1.165) is 36.3 Å². The largest absolute Gasteiger partial charge is 0.389 e. The highest BCUT2D eigenvalue weighted by Gasteiger charge is 2.14. The third-order valence-electron chi connectivity index (χ3n) is 4.74. The average Bonchev–Trinajstić information content (AvgIpc) is 2.69. The number of nitrogens with zero attached hydrogens (tertiary/aromatic N) is 2. The van der Waals surface area contributed by atoms with Crippen molar-refractivity contribution < 1.29 is 9.63 Å². The molecule has 0 aliphatic carbocycles. The van der Waals surface area contributed by atoms with Crippen molar-refractivity contribution >= 4 is 11.7 Å². The van der Waals surface area contributed by atoms with Crippen molar-refractivity contribution in [2.24, 2.45) is 16.6 Å². The molecule has 1 amide bonds. The highest BCUT2D eigenvalue weighted by Crippen LogP contribution is 2.16. The number of primary amides is 1. The van der Waals surface area contributed by atoms with Crippen molar-refractivity contribution in [1.82, 2.24) is 4.90 Å². The van der Waals surface area contributed by atoms with Crippen LogP contribution in [0.1, 0.15) is 46.3 Å². The Morgan fingerprint density at radius 2 is 1.81 bits per heavy atom. The maximum Gasteiger partial charge on any atom is 0.248 e. The molecule has 0 aromatic heterocycles. The molecule has 1 fully saturated rings. The molecule has 0 atom stereocenters. The summed E-state index contributed by atoms with van der Waals surface area (Å²) in [5.41, 5.74) is 14.8. The van der Waals surface area contributed by atoms with Crippen molar-refractivity contribution in [2.45, 2.75) is 32.4 Å². The number of benzene rings is 2. The summed E-state index contributed by atoms with van der Waals surface area (Å²) in [4.78, 5) is 19.1. The van der Waals surface area contributed by atoms with Gasteiger partial charge in [-0.15, -0.1) is 0 Å². The molecule has 0 unspecified atom stereocenters. The number of piperidine rings is 1. The molecule has 4 N–H and O–H groups in total. The summed E-state index contributed by atoms with van der Waals surface area (Å²) >= 11 is 0. The number of rotatable bonds is 7. The molecular formula is C21H26N4O2. The summed E-state index contributed by atoms with van der Waals surface area (Å²) < 4.78 is 0. The molecule has 3 rings (SSSR count). The minimum absolute atomic E-state index is 0.218. The van der Waals surface area contributed by atoms with Crippen LogP contribution in [0.5, 0.6) is 0 Å². The highest BCUT2D eigenvalue weighted by molar-refractivity contribution is 5.98. The molecule has 1 aliphatic rings. The molecule has 0 radical (unpaired) electrons. The van der Waals surface area contributed by atoms with Gasteiger partial charge >= 0.3 is 0 Å². The monoisotopic (exact) mass is 366 g/mol. The molecule has 0 saturated carbocycles. The van der Waals surface area contributed by atoms with Gasteiger partial charge in [0.15, 0.2) is 5.84 Å². The Hall–Kier alpha value is -2.86. The van der Waals surface area contributed by atoms with Gasteiger partial charge in [0.2, 0.25) is 5.91 Å². The normalized spacial score (nSPS) is 15.5. The molecule has 27 heavy (non-hydrogen) atoms. The van der Waals surface area contributed by atoms with Crippen LogP contribution in [0.4, 0.5) is 0 Å². The molecule has 142 valence electrons. The first kappa shape index (κ1) is 18.9. The van der Waals surface area contributed by atoms with Gasteiger partial charge < -0.3 is 16.3 Å². The zero-order valence-corrected chi connectivity index (χ0v) is 15.4. The molecule has 2 aromatic rings. The van der Waals surface area contributed by atoms with E-state index < -0.39 is 5.91 Å². The third-order valence-corrected chi connectivity index (χ3v) is 4.74. The number of hydrogen-bond acceptors (Lipinski definition) is 4. The molecule has 0 spiro atoms. The van der Waals surface area contributed by atoms with E-state index in [1.807, 2.05) is 24.3 Å².